The molecular weight excluding hydrogens is 581 g/mol. The van der Waals surface area contributed by atoms with Crippen LogP contribution in [0.4, 0.5) is 5.95 Å². The summed E-state index contributed by atoms with van der Waals surface area (Å²) >= 11 is 0. The first-order valence-corrected chi connectivity index (χ1v) is 16.1. The van der Waals surface area contributed by atoms with Crippen LogP contribution in [0, 0.1) is 24.7 Å². The minimum atomic E-state index is -4.01. The van der Waals surface area contributed by atoms with Gasteiger partial charge in [0.25, 0.3) is 0 Å². The van der Waals surface area contributed by atoms with Gasteiger partial charge in [-0.3, -0.25) is 18.7 Å². The second-order valence-electron chi connectivity index (χ2n) is 11.8. The van der Waals surface area contributed by atoms with Gasteiger partial charge in [-0.05, 0) is 39.0 Å². The minimum Gasteiger partial charge on any atom is -0.479 e. The van der Waals surface area contributed by atoms with E-state index in [1.807, 2.05) is 46.1 Å². The minimum absolute atomic E-state index is 0.0120. The number of methoxy groups -OCH3 is 1. The van der Waals surface area contributed by atoms with Crippen molar-refractivity contribution in [2.24, 2.45) is 17.8 Å². The number of carbonyl (C=O) groups is 2. The van der Waals surface area contributed by atoms with Crippen molar-refractivity contribution < 1.29 is 37.6 Å². The molecule has 2 aromatic rings. The number of hydrogen-bond donors (Lipinski definition) is 3. The van der Waals surface area contributed by atoms with E-state index in [9.17, 15) is 14.2 Å². The topological polar surface area (TPSA) is 191 Å². The molecule has 5 unspecified atom stereocenters. The van der Waals surface area contributed by atoms with Gasteiger partial charge < -0.3 is 29.2 Å². The van der Waals surface area contributed by atoms with Gasteiger partial charge in [-0.25, -0.2) is 15.2 Å². The normalized spacial score (nSPS) is 21.6. The molecule has 15 nitrogen and oxygen atoms in total. The summed E-state index contributed by atoms with van der Waals surface area (Å²) in [5, 5.41) is 5.44. The summed E-state index contributed by atoms with van der Waals surface area (Å²) < 4.78 is 44.0. The molecule has 5 atom stereocenters. The molecule has 1 fully saturated rings. The summed E-state index contributed by atoms with van der Waals surface area (Å²) in [7, 11) is -2.53. The Morgan fingerprint density at radius 1 is 1.02 bits per heavy atom. The smallest absolute Gasteiger partial charge is 0.342 e. The fourth-order valence-electron chi connectivity index (χ4n) is 4.52. The van der Waals surface area contributed by atoms with Crippen LogP contribution in [0.1, 0.15) is 66.9 Å². The monoisotopic (exact) mass is 627 g/mol. The van der Waals surface area contributed by atoms with E-state index in [0.29, 0.717) is 23.4 Å². The van der Waals surface area contributed by atoms with Crippen molar-refractivity contribution in [3.8, 4) is 5.88 Å². The number of nitrogens with two attached hydrogens (primary N) is 1. The van der Waals surface area contributed by atoms with E-state index in [1.54, 1.807) is 0 Å². The Hall–Kier alpha value is -2.84. The fraction of sp³-hybridized carbons (Fsp3) is 0.741. The number of fused-ring (bicyclic) bond motifs is 1. The number of hydrogen-bond acceptors (Lipinski definition) is 12. The number of anilines is 1. The van der Waals surface area contributed by atoms with E-state index in [-0.39, 0.29) is 49.4 Å². The highest BCUT2D eigenvalue weighted by atomic mass is 31.2. The van der Waals surface area contributed by atoms with Gasteiger partial charge in [0.15, 0.2) is 11.2 Å². The van der Waals surface area contributed by atoms with Crippen LogP contribution in [0.25, 0.3) is 11.2 Å². The molecule has 3 rings (SSSR count). The first kappa shape index (κ1) is 34.6. The zero-order valence-corrected chi connectivity index (χ0v) is 27.3. The van der Waals surface area contributed by atoms with Gasteiger partial charge in [0.05, 0.1) is 33.0 Å². The Labute approximate surface area is 252 Å². The van der Waals surface area contributed by atoms with Crippen molar-refractivity contribution >= 4 is 36.7 Å². The number of esters is 2. The molecule has 0 saturated carbocycles. The summed E-state index contributed by atoms with van der Waals surface area (Å²) in [6, 6.07) is -1.99. The molecule has 4 N–H and O–H groups in total. The highest BCUT2D eigenvalue weighted by molar-refractivity contribution is 7.54. The highest BCUT2D eigenvalue weighted by Gasteiger charge is 2.39. The quantitative estimate of drug-likeness (QED) is 0.193. The van der Waals surface area contributed by atoms with Crippen LogP contribution in [0.5, 0.6) is 5.88 Å². The van der Waals surface area contributed by atoms with Crippen molar-refractivity contribution in [1.82, 2.24) is 29.7 Å². The van der Waals surface area contributed by atoms with Crippen LogP contribution in [0.3, 0.4) is 0 Å². The van der Waals surface area contributed by atoms with Crippen LogP contribution in [0.15, 0.2) is 0 Å². The lowest BCUT2D eigenvalue weighted by molar-refractivity contribution is -0.146. The van der Waals surface area contributed by atoms with Gasteiger partial charge in [-0.1, -0.05) is 34.6 Å². The zero-order valence-electron chi connectivity index (χ0n) is 26.4. The summed E-state index contributed by atoms with van der Waals surface area (Å²) in [6.07, 6.45) is -0.409. The Morgan fingerprint density at radius 2 is 1.58 bits per heavy atom. The first-order chi connectivity index (χ1) is 20.1. The highest BCUT2D eigenvalue weighted by Crippen LogP contribution is 2.43. The van der Waals surface area contributed by atoms with E-state index in [0.717, 1.165) is 0 Å². The standard InChI is InChI=1S/C27H46N7O8P/c1-14(2)11-39-25(35)17(6)32-43(37,33-18(7)26(36)40-12-15(3)4)41-13-20-10-16(5)24(42-20)34-19(8)29-21-22(34)30-27(28)31-23(21)38-9/h14-18,20,24H,10-13H2,1-9H3,(H2,28,30,31)(H2,32,33,37). The number of nitrogen functional groups attached to an aromatic ring is 1. The summed E-state index contributed by atoms with van der Waals surface area (Å²) in [5.41, 5.74) is 6.84. The van der Waals surface area contributed by atoms with E-state index in [4.69, 9.17) is 29.2 Å². The van der Waals surface area contributed by atoms with Gasteiger partial charge in [-0.15, -0.1) is 0 Å². The lowest BCUT2D eigenvalue weighted by Gasteiger charge is -2.27. The third-order valence-corrected chi connectivity index (χ3v) is 8.56. The van der Waals surface area contributed by atoms with E-state index in [1.165, 1.54) is 21.0 Å². The SMILES string of the molecule is COc1nc(N)nc2c1nc(C)n2C1OC(COP(=O)(NC(C)C(=O)OCC(C)C)NC(C)C(=O)OCC(C)C)CC1C. The maximum absolute atomic E-state index is 14.0. The number of rotatable bonds is 15. The molecular formula is C27H46N7O8P. The van der Waals surface area contributed by atoms with Gasteiger partial charge in [0.1, 0.15) is 24.1 Å². The molecule has 0 amide bonds. The molecule has 16 heteroatoms. The van der Waals surface area contributed by atoms with Crippen molar-refractivity contribution in [3.63, 3.8) is 0 Å². The predicted octanol–water partition coefficient (Wildman–Crippen LogP) is 3.13. The van der Waals surface area contributed by atoms with Gasteiger partial charge in [0, 0.05) is 5.92 Å². The van der Waals surface area contributed by atoms with Crippen molar-refractivity contribution in [3.05, 3.63) is 5.82 Å². The van der Waals surface area contributed by atoms with Crippen LogP contribution < -0.4 is 20.6 Å². The maximum atomic E-state index is 14.0. The second-order valence-corrected chi connectivity index (χ2v) is 13.6. The largest absolute Gasteiger partial charge is 0.479 e. The van der Waals surface area contributed by atoms with Crippen LogP contribution in [-0.4, -0.2) is 76.6 Å². The van der Waals surface area contributed by atoms with E-state index >= 15 is 0 Å². The average Bonchev–Trinajstić information content (AvgIpc) is 3.45. The summed E-state index contributed by atoms with van der Waals surface area (Å²) in [6.45, 7) is 14.8. The first-order valence-electron chi connectivity index (χ1n) is 14.5. The van der Waals surface area contributed by atoms with Crippen molar-refractivity contribution in [2.75, 3.05) is 32.7 Å². The molecule has 0 spiro atoms. The number of imidazole rings is 1. The number of aryl methyl sites for hydroxylation is 1. The molecule has 3 heterocycles. The molecule has 1 saturated heterocycles. The molecule has 2 aromatic heterocycles. The average molecular weight is 628 g/mol. The Kier molecular flexibility index (Phi) is 11.9. The zero-order chi connectivity index (χ0) is 32.1. The van der Waals surface area contributed by atoms with Crippen LogP contribution in [0.2, 0.25) is 0 Å². The predicted molar refractivity (Wildman–Crippen MR) is 159 cm³/mol. The Bertz CT molecular complexity index is 1280. The lowest BCUT2D eigenvalue weighted by Crippen LogP contribution is -2.43. The molecule has 1 aliphatic heterocycles. The third kappa shape index (κ3) is 9.08. The van der Waals surface area contributed by atoms with Gasteiger partial charge in [-0.2, -0.15) is 9.97 Å². The summed E-state index contributed by atoms with van der Waals surface area (Å²) in [5.74, 6) is -0.0272. The molecule has 242 valence electrons. The maximum Gasteiger partial charge on any atom is 0.342 e. The number of nitrogens with one attached hydrogen (secondary N) is 2. The van der Waals surface area contributed by atoms with Gasteiger partial charge in [0.2, 0.25) is 11.8 Å². The molecule has 0 radical (unpaired) electrons. The molecule has 0 bridgehead atoms. The van der Waals surface area contributed by atoms with Crippen molar-refractivity contribution in [2.45, 2.75) is 86.2 Å². The Morgan fingerprint density at radius 3 is 2.09 bits per heavy atom. The number of ether oxygens (including phenoxy) is 4. The summed E-state index contributed by atoms with van der Waals surface area (Å²) in [4.78, 5) is 38.2. The molecule has 0 aliphatic carbocycles. The Balaban J connectivity index is 1.76. The molecule has 43 heavy (non-hydrogen) atoms. The molecule has 0 aromatic carbocycles. The van der Waals surface area contributed by atoms with E-state index in [2.05, 4.69) is 25.1 Å². The van der Waals surface area contributed by atoms with Crippen molar-refractivity contribution in [1.29, 1.82) is 0 Å². The van der Waals surface area contributed by atoms with E-state index < -0.39 is 44.0 Å². The fourth-order valence-corrected chi connectivity index (χ4v) is 6.35. The second kappa shape index (κ2) is 14.8. The van der Waals surface area contributed by atoms with Gasteiger partial charge >= 0.3 is 19.6 Å². The van der Waals surface area contributed by atoms with Crippen LogP contribution in [-0.2, 0) is 32.9 Å². The third-order valence-electron chi connectivity index (χ3n) is 6.60. The lowest BCUT2D eigenvalue weighted by atomic mass is 10.1. The number of carbonyl (C=O) groups excluding carboxylic acids is 2. The number of aromatic nitrogens is 4. The van der Waals surface area contributed by atoms with Crippen LogP contribution >= 0.6 is 7.67 Å². The molecule has 1 aliphatic rings. The number of nitrogens with zero attached hydrogens (tertiary/aromatic N) is 4.